The van der Waals surface area contributed by atoms with Gasteiger partial charge in [-0.3, -0.25) is 4.99 Å². The van der Waals surface area contributed by atoms with E-state index in [9.17, 15) is 0 Å². The van der Waals surface area contributed by atoms with E-state index in [0.717, 1.165) is 5.84 Å². The molecule has 186 valence electrons. The van der Waals surface area contributed by atoms with Gasteiger partial charge < -0.3 is 5.32 Å². The first kappa shape index (κ1) is 22.3. The molecule has 0 saturated heterocycles. The van der Waals surface area contributed by atoms with Crippen molar-refractivity contribution in [2.24, 2.45) is 4.99 Å². The smallest absolute Gasteiger partial charge is 0.133 e. The fourth-order valence-corrected chi connectivity index (χ4v) is 6.96. The average Bonchev–Trinajstić information content (AvgIpc) is 3.22. The molecule has 1 aliphatic carbocycles. The molecule has 0 atom stereocenters. The van der Waals surface area contributed by atoms with Gasteiger partial charge in [-0.25, -0.2) is 0 Å². The Morgan fingerprint density at radius 2 is 1.10 bits per heavy atom. The van der Waals surface area contributed by atoms with Crippen molar-refractivity contribution in [2.45, 2.75) is 19.3 Å². The van der Waals surface area contributed by atoms with Crippen LogP contribution in [0.4, 0.5) is 0 Å². The number of fused-ring (bicyclic) bond motifs is 7. The second-order valence-electron chi connectivity index (χ2n) is 11.1. The predicted octanol–water partition coefficient (Wildman–Crippen LogP) is 8.98. The van der Waals surface area contributed by atoms with Crippen molar-refractivity contribution in [2.75, 3.05) is 6.54 Å². The molecule has 6 aromatic carbocycles. The monoisotopic (exact) mass is 500 g/mol. The van der Waals surface area contributed by atoms with Crippen LogP contribution in [0, 0.1) is 0 Å². The summed E-state index contributed by atoms with van der Waals surface area (Å²) >= 11 is 0. The number of benzene rings is 6. The normalized spacial score (nSPS) is 15.3. The van der Waals surface area contributed by atoms with Crippen LogP contribution in [0.15, 0.2) is 120 Å². The summed E-state index contributed by atoms with van der Waals surface area (Å²) in [5, 5.41) is 11.0. The van der Waals surface area contributed by atoms with E-state index < -0.39 is 0 Å². The first-order chi connectivity index (χ1) is 19.1. The van der Waals surface area contributed by atoms with Gasteiger partial charge in [-0.15, -0.1) is 0 Å². The number of hydrogen-bond acceptors (Lipinski definition) is 2. The number of hydrogen-bond donors (Lipinski definition) is 1. The minimum Gasteiger partial charge on any atom is -0.347 e. The SMILES string of the molecule is CC1(C)c2ccccc2-c2c1cc(-c1c3ccccc3c(C3=NCC=CN3)c3ccccc13)c1ccccc21. The molecule has 2 nitrogen and oxygen atoms in total. The van der Waals surface area contributed by atoms with Crippen molar-refractivity contribution < 1.29 is 0 Å². The predicted molar refractivity (Wildman–Crippen MR) is 166 cm³/mol. The summed E-state index contributed by atoms with van der Waals surface area (Å²) < 4.78 is 0. The highest BCUT2D eigenvalue weighted by Crippen LogP contribution is 2.54. The summed E-state index contributed by atoms with van der Waals surface area (Å²) in [5.41, 5.74) is 9.23. The van der Waals surface area contributed by atoms with Crippen LogP contribution in [-0.4, -0.2) is 12.4 Å². The van der Waals surface area contributed by atoms with Crippen molar-refractivity contribution >= 4 is 38.2 Å². The largest absolute Gasteiger partial charge is 0.347 e. The second kappa shape index (κ2) is 8.15. The molecule has 1 aliphatic heterocycles. The molecular formula is C37H28N2. The first-order valence-corrected chi connectivity index (χ1v) is 13.7. The zero-order valence-corrected chi connectivity index (χ0v) is 22.1. The van der Waals surface area contributed by atoms with Crippen molar-refractivity contribution in [1.82, 2.24) is 5.32 Å². The van der Waals surface area contributed by atoms with E-state index in [0.29, 0.717) is 6.54 Å². The van der Waals surface area contributed by atoms with E-state index in [4.69, 9.17) is 4.99 Å². The van der Waals surface area contributed by atoms with Gasteiger partial charge in [-0.2, -0.15) is 0 Å². The molecule has 8 rings (SSSR count). The molecular weight excluding hydrogens is 472 g/mol. The van der Waals surface area contributed by atoms with Crippen LogP contribution in [0.25, 0.3) is 54.6 Å². The lowest BCUT2D eigenvalue weighted by atomic mass is 9.79. The van der Waals surface area contributed by atoms with Crippen LogP contribution in [0.2, 0.25) is 0 Å². The summed E-state index contributed by atoms with van der Waals surface area (Å²) in [6.07, 6.45) is 4.06. The van der Waals surface area contributed by atoms with Crippen LogP contribution in [0.3, 0.4) is 0 Å². The molecule has 0 radical (unpaired) electrons. The molecule has 0 fully saturated rings. The summed E-state index contributed by atoms with van der Waals surface area (Å²) in [7, 11) is 0. The van der Waals surface area contributed by atoms with Gasteiger partial charge in [-0.1, -0.05) is 111 Å². The van der Waals surface area contributed by atoms with Crippen molar-refractivity contribution in [3.05, 3.63) is 132 Å². The molecule has 6 aromatic rings. The van der Waals surface area contributed by atoms with E-state index in [-0.39, 0.29) is 5.41 Å². The lowest BCUT2D eigenvalue weighted by Crippen LogP contribution is -2.22. The Morgan fingerprint density at radius 1 is 0.564 bits per heavy atom. The second-order valence-corrected chi connectivity index (χ2v) is 11.1. The molecule has 0 unspecified atom stereocenters. The number of nitrogens with one attached hydrogen (secondary N) is 1. The van der Waals surface area contributed by atoms with Crippen LogP contribution in [-0.2, 0) is 5.41 Å². The lowest BCUT2D eigenvalue weighted by molar-refractivity contribution is 0.661. The van der Waals surface area contributed by atoms with E-state index >= 15 is 0 Å². The van der Waals surface area contributed by atoms with Crippen molar-refractivity contribution in [1.29, 1.82) is 0 Å². The summed E-state index contributed by atoms with van der Waals surface area (Å²) in [4.78, 5) is 4.86. The third-order valence-electron chi connectivity index (χ3n) is 8.72. The van der Waals surface area contributed by atoms with E-state index in [1.165, 1.54) is 71.3 Å². The Hall–Kier alpha value is -4.69. The fraction of sp³-hybridized carbons (Fsp3) is 0.108. The highest BCUT2D eigenvalue weighted by atomic mass is 15.0. The standard InChI is InChI=1S/C37H28N2/c1-37(2)31-19-10-9-18-29(31)34-24-13-4-3-12-23(24)30(22-32(34)37)33-25-14-5-7-16-27(25)35(36-38-20-11-21-39-36)28-17-8-6-15-26(28)33/h3-20,22H,21H2,1-2H3,(H,38,39). The summed E-state index contributed by atoms with van der Waals surface area (Å²) in [6.45, 7) is 5.43. The maximum absolute atomic E-state index is 4.86. The van der Waals surface area contributed by atoms with Gasteiger partial charge in [0.05, 0.1) is 6.54 Å². The Labute approximate surface area is 228 Å². The molecule has 0 aromatic heterocycles. The quantitative estimate of drug-likeness (QED) is 0.236. The summed E-state index contributed by atoms with van der Waals surface area (Å²) in [6, 6.07) is 38.1. The van der Waals surface area contributed by atoms with Crippen LogP contribution in [0.1, 0.15) is 30.5 Å². The van der Waals surface area contributed by atoms with Gasteiger partial charge in [0.15, 0.2) is 0 Å². The highest BCUT2D eigenvalue weighted by molar-refractivity contribution is 6.27. The topological polar surface area (TPSA) is 24.4 Å². The fourth-order valence-electron chi connectivity index (χ4n) is 6.96. The molecule has 39 heavy (non-hydrogen) atoms. The number of nitrogens with zero attached hydrogens (tertiary/aromatic N) is 1. The third-order valence-corrected chi connectivity index (χ3v) is 8.72. The molecule has 0 bridgehead atoms. The Balaban J connectivity index is 1.55. The molecule has 0 amide bonds. The zero-order chi connectivity index (χ0) is 26.1. The highest BCUT2D eigenvalue weighted by Gasteiger charge is 2.37. The zero-order valence-electron chi connectivity index (χ0n) is 22.1. The van der Waals surface area contributed by atoms with E-state index in [1.54, 1.807) is 0 Å². The maximum Gasteiger partial charge on any atom is 0.133 e. The lowest BCUT2D eigenvalue weighted by Gasteiger charge is -2.24. The van der Waals surface area contributed by atoms with Crippen LogP contribution < -0.4 is 5.32 Å². The molecule has 1 heterocycles. The van der Waals surface area contributed by atoms with Crippen LogP contribution >= 0.6 is 0 Å². The first-order valence-electron chi connectivity index (χ1n) is 13.7. The maximum atomic E-state index is 4.86. The third kappa shape index (κ3) is 3.06. The van der Waals surface area contributed by atoms with Crippen molar-refractivity contribution in [3.63, 3.8) is 0 Å². The van der Waals surface area contributed by atoms with Crippen LogP contribution in [0.5, 0.6) is 0 Å². The van der Waals surface area contributed by atoms with Gasteiger partial charge in [0.2, 0.25) is 0 Å². The average molecular weight is 501 g/mol. The summed E-state index contributed by atoms with van der Waals surface area (Å²) in [5.74, 6) is 0.937. The number of amidine groups is 1. The Morgan fingerprint density at radius 3 is 1.72 bits per heavy atom. The van der Waals surface area contributed by atoms with Gasteiger partial charge in [-0.05, 0) is 77.8 Å². The van der Waals surface area contributed by atoms with E-state index in [2.05, 4.69) is 128 Å². The Kier molecular flexibility index (Phi) is 4.66. The molecule has 1 N–H and O–H groups in total. The van der Waals surface area contributed by atoms with Gasteiger partial charge in [0, 0.05) is 17.2 Å². The molecule has 2 aliphatic rings. The number of aliphatic imine (C=N–C) groups is 1. The Bertz CT molecular complexity index is 1980. The minimum atomic E-state index is -0.0800. The minimum absolute atomic E-state index is 0.0800. The molecule has 2 heteroatoms. The van der Waals surface area contributed by atoms with Gasteiger partial charge in [0.25, 0.3) is 0 Å². The molecule has 0 spiro atoms. The van der Waals surface area contributed by atoms with Crippen molar-refractivity contribution in [3.8, 4) is 22.3 Å². The van der Waals surface area contributed by atoms with Gasteiger partial charge in [0.1, 0.15) is 5.84 Å². The van der Waals surface area contributed by atoms with Gasteiger partial charge >= 0.3 is 0 Å². The molecule has 0 saturated carbocycles. The number of rotatable bonds is 2. The van der Waals surface area contributed by atoms with E-state index in [1.807, 2.05) is 6.20 Å².